The van der Waals surface area contributed by atoms with Crippen LogP contribution in [-0.4, -0.2) is 40.0 Å². The fourth-order valence-electron chi connectivity index (χ4n) is 2.44. The van der Waals surface area contributed by atoms with Gasteiger partial charge < -0.3 is 15.0 Å². The molecular weight excluding hydrogens is 331 g/mol. The second-order valence-electron chi connectivity index (χ2n) is 5.55. The van der Waals surface area contributed by atoms with Crippen molar-refractivity contribution in [1.29, 1.82) is 0 Å². The number of aliphatic carboxylic acids is 1. The second kappa shape index (κ2) is 7.69. The van der Waals surface area contributed by atoms with Gasteiger partial charge in [0.05, 0.1) is 6.42 Å². The number of carboxylic acids is 1. The van der Waals surface area contributed by atoms with Gasteiger partial charge in [0.25, 0.3) is 5.56 Å². The van der Waals surface area contributed by atoms with E-state index < -0.39 is 48.4 Å². The van der Waals surface area contributed by atoms with Crippen LogP contribution in [0.2, 0.25) is 0 Å². The summed E-state index contributed by atoms with van der Waals surface area (Å²) in [5.41, 5.74) is -0.396. The minimum Gasteiger partial charge on any atom is -0.481 e. The van der Waals surface area contributed by atoms with Crippen LogP contribution in [0.3, 0.4) is 0 Å². The van der Waals surface area contributed by atoms with E-state index in [9.17, 15) is 23.6 Å². The number of hydrogen-bond acceptors (Lipinski definition) is 4. The first-order valence-electron chi connectivity index (χ1n) is 7.56. The van der Waals surface area contributed by atoms with Crippen molar-refractivity contribution in [3.63, 3.8) is 0 Å². The number of nitrogens with one attached hydrogen (secondary N) is 1. The summed E-state index contributed by atoms with van der Waals surface area (Å²) < 4.78 is 13.7. The van der Waals surface area contributed by atoms with Gasteiger partial charge >= 0.3 is 5.97 Å². The number of carboxylic acid groups (broad SMARTS) is 1. The molecule has 25 heavy (non-hydrogen) atoms. The van der Waals surface area contributed by atoms with Gasteiger partial charge in [0.1, 0.15) is 18.8 Å². The Labute approximate surface area is 142 Å². The van der Waals surface area contributed by atoms with Gasteiger partial charge in [0.15, 0.2) is 5.78 Å². The van der Waals surface area contributed by atoms with Crippen molar-refractivity contribution in [2.24, 2.45) is 0 Å². The summed E-state index contributed by atoms with van der Waals surface area (Å²) in [4.78, 5) is 47.0. The van der Waals surface area contributed by atoms with Gasteiger partial charge in [-0.05, 0) is 24.4 Å². The maximum absolute atomic E-state index is 12.6. The smallest absolute Gasteiger partial charge is 0.305 e. The van der Waals surface area contributed by atoms with Gasteiger partial charge in [0, 0.05) is 11.6 Å². The Balaban J connectivity index is 2.27. The van der Waals surface area contributed by atoms with E-state index in [1.165, 1.54) is 17.7 Å². The molecule has 0 saturated heterocycles. The van der Waals surface area contributed by atoms with Crippen molar-refractivity contribution >= 4 is 28.4 Å². The first-order valence-corrected chi connectivity index (χ1v) is 7.56. The fraction of sp³-hybridized carbons (Fsp3) is 0.294. The number of aromatic nitrogens is 1. The van der Waals surface area contributed by atoms with E-state index in [2.05, 4.69) is 5.32 Å². The number of rotatable bonds is 7. The molecule has 2 atom stereocenters. The molecule has 7 nitrogen and oxygen atoms in total. The highest BCUT2D eigenvalue weighted by Crippen LogP contribution is 2.11. The number of benzene rings is 1. The van der Waals surface area contributed by atoms with Crippen molar-refractivity contribution in [2.75, 3.05) is 6.67 Å². The number of nitrogens with zero attached hydrogens (tertiary/aromatic N) is 1. The number of carbonyl (C=O) groups is 3. The minimum atomic E-state index is -1.48. The highest BCUT2D eigenvalue weighted by molar-refractivity contribution is 5.93. The molecule has 0 aliphatic heterocycles. The molecule has 8 heteroatoms. The molecular formula is C17H17FN2O5. The lowest BCUT2D eigenvalue weighted by Gasteiger charge is -2.19. The van der Waals surface area contributed by atoms with Crippen molar-refractivity contribution < 1.29 is 23.9 Å². The molecule has 2 aromatic rings. The third-order valence-corrected chi connectivity index (χ3v) is 3.85. The minimum absolute atomic E-state index is 0.396. The lowest BCUT2D eigenvalue weighted by molar-refractivity contribution is -0.140. The van der Waals surface area contributed by atoms with Gasteiger partial charge in [-0.2, -0.15) is 0 Å². The normalized spacial score (nSPS) is 13.2. The van der Waals surface area contributed by atoms with E-state index in [0.717, 1.165) is 0 Å². The predicted octanol–water partition coefficient (Wildman–Crippen LogP) is 1.06. The Hall–Kier alpha value is -3.03. The number of halogens is 1. The Morgan fingerprint density at radius 2 is 1.92 bits per heavy atom. The number of pyridine rings is 1. The van der Waals surface area contributed by atoms with Crippen LogP contribution in [0.25, 0.3) is 10.8 Å². The van der Waals surface area contributed by atoms with Crippen LogP contribution in [0.4, 0.5) is 4.39 Å². The monoisotopic (exact) mass is 348 g/mol. The molecule has 2 rings (SSSR count). The van der Waals surface area contributed by atoms with E-state index in [1.807, 2.05) is 0 Å². The van der Waals surface area contributed by atoms with Crippen molar-refractivity contribution in [1.82, 2.24) is 9.88 Å². The number of hydrogen-bond donors (Lipinski definition) is 2. The zero-order valence-corrected chi connectivity index (χ0v) is 13.4. The SMILES string of the molecule is C[C@@H](C(=O)NC(CC(=O)O)C(=O)CF)n1ccc2ccccc2c1=O. The molecule has 0 radical (unpaired) electrons. The molecule has 0 aliphatic carbocycles. The van der Waals surface area contributed by atoms with Gasteiger partial charge in [-0.25, -0.2) is 4.39 Å². The van der Waals surface area contributed by atoms with Crippen LogP contribution in [0.15, 0.2) is 41.3 Å². The van der Waals surface area contributed by atoms with Gasteiger partial charge in [-0.15, -0.1) is 0 Å². The molecule has 1 amide bonds. The standard InChI is InChI=1S/C17H17FN2O5/c1-10(16(24)19-13(8-15(22)23)14(21)9-18)20-7-6-11-4-2-3-5-12(11)17(20)25/h2-7,10,13H,8-9H2,1H3,(H,19,24)(H,22,23)/t10-,13?/m0/s1. The first kappa shape index (κ1) is 18.3. The topological polar surface area (TPSA) is 105 Å². The Kier molecular flexibility index (Phi) is 5.63. The quantitative estimate of drug-likeness (QED) is 0.778. The van der Waals surface area contributed by atoms with E-state index in [0.29, 0.717) is 10.8 Å². The summed E-state index contributed by atoms with van der Waals surface area (Å²) in [7, 11) is 0. The van der Waals surface area contributed by atoms with Crippen LogP contribution in [0.5, 0.6) is 0 Å². The maximum atomic E-state index is 12.6. The van der Waals surface area contributed by atoms with E-state index in [-0.39, 0.29) is 0 Å². The first-order chi connectivity index (χ1) is 11.8. The molecule has 1 unspecified atom stereocenters. The van der Waals surface area contributed by atoms with E-state index >= 15 is 0 Å². The van der Waals surface area contributed by atoms with Gasteiger partial charge in [-0.3, -0.25) is 19.2 Å². The average Bonchev–Trinajstić information content (AvgIpc) is 2.60. The summed E-state index contributed by atoms with van der Waals surface area (Å²) in [6, 6.07) is 6.05. The highest BCUT2D eigenvalue weighted by atomic mass is 19.1. The van der Waals surface area contributed by atoms with Gasteiger partial charge in [0.2, 0.25) is 5.91 Å². The molecule has 132 valence electrons. The molecule has 1 aromatic carbocycles. The lowest BCUT2D eigenvalue weighted by atomic mass is 10.1. The molecule has 0 bridgehead atoms. The third-order valence-electron chi connectivity index (χ3n) is 3.85. The predicted molar refractivity (Wildman–Crippen MR) is 88.1 cm³/mol. The zero-order chi connectivity index (χ0) is 18.6. The zero-order valence-electron chi connectivity index (χ0n) is 13.4. The van der Waals surface area contributed by atoms with Crippen LogP contribution < -0.4 is 10.9 Å². The molecule has 0 aliphatic rings. The number of fused-ring (bicyclic) bond motifs is 1. The Morgan fingerprint density at radius 1 is 1.24 bits per heavy atom. The second-order valence-corrected chi connectivity index (χ2v) is 5.55. The fourth-order valence-corrected chi connectivity index (χ4v) is 2.44. The molecule has 0 fully saturated rings. The number of Topliss-reactive ketones (excluding diaryl/α,β-unsaturated/α-hetero) is 1. The molecule has 1 heterocycles. The highest BCUT2D eigenvalue weighted by Gasteiger charge is 2.26. The van der Waals surface area contributed by atoms with E-state index in [1.54, 1.807) is 30.3 Å². The molecule has 1 aromatic heterocycles. The van der Waals surface area contributed by atoms with Crippen LogP contribution in [0, 0.1) is 0 Å². The van der Waals surface area contributed by atoms with Crippen LogP contribution in [0.1, 0.15) is 19.4 Å². The number of amides is 1. The third kappa shape index (κ3) is 4.09. The molecule has 0 saturated carbocycles. The summed E-state index contributed by atoms with van der Waals surface area (Å²) in [5, 5.41) is 12.1. The Bertz CT molecular complexity index is 877. The van der Waals surface area contributed by atoms with Crippen molar-refractivity contribution in [3.8, 4) is 0 Å². The largest absolute Gasteiger partial charge is 0.481 e. The molecule has 0 spiro atoms. The maximum Gasteiger partial charge on any atom is 0.305 e. The summed E-state index contributed by atoms with van der Waals surface area (Å²) in [6.07, 6.45) is 0.714. The summed E-state index contributed by atoms with van der Waals surface area (Å²) in [6.45, 7) is 0.0474. The van der Waals surface area contributed by atoms with Crippen LogP contribution in [-0.2, 0) is 14.4 Å². The van der Waals surface area contributed by atoms with Gasteiger partial charge in [-0.1, -0.05) is 18.2 Å². The Morgan fingerprint density at radius 3 is 2.56 bits per heavy atom. The summed E-state index contributed by atoms with van der Waals surface area (Å²) >= 11 is 0. The average molecular weight is 348 g/mol. The number of carbonyl (C=O) groups excluding carboxylic acids is 2. The number of ketones is 1. The molecule has 2 N–H and O–H groups in total. The lowest BCUT2D eigenvalue weighted by Crippen LogP contribution is -2.46. The summed E-state index contributed by atoms with van der Waals surface area (Å²) in [5.74, 6) is -3.12. The van der Waals surface area contributed by atoms with E-state index in [4.69, 9.17) is 5.11 Å². The van der Waals surface area contributed by atoms with Crippen LogP contribution >= 0.6 is 0 Å². The van der Waals surface area contributed by atoms with Crippen molar-refractivity contribution in [3.05, 3.63) is 46.9 Å². The number of alkyl halides is 1. The van der Waals surface area contributed by atoms with Crippen molar-refractivity contribution in [2.45, 2.75) is 25.4 Å².